The van der Waals surface area contributed by atoms with Gasteiger partial charge in [-0.3, -0.25) is 9.69 Å². The summed E-state index contributed by atoms with van der Waals surface area (Å²) in [6.45, 7) is 3.80. The SMILES string of the molecule is CCOc1cccc2sc(N(CCCN(C)C)C(=O)C3CCCN3S(=O)(=O)c3ccc(F)cc3)nc12. The molecule has 1 saturated heterocycles. The number of benzene rings is 2. The Morgan fingerprint density at radius 2 is 1.94 bits per heavy atom. The van der Waals surface area contributed by atoms with E-state index in [1.807, 2.05) is 44.1 Å². The average molecular weight is 535 g/mol. The van der Waals surface area contributed by atoms with E-state index in [0.29, 0.717) is 48.8 Å². The lowest BCUT2D eigenvalue weighted by atomic mass is 10.2. The predicted octanol–water partition coefficient (Wildman–Crippen LogP) is 3.97. The van der Waals surface area contributed by atoms with Gasteiger partial charge in [-0.1, -0.05) is 17.4 Å². The van der Waals surface area contributed by atoms with E-state index in [9.17, 15) is 17.6 Å². The molecule has 2 heterocycles. The van der Waals surface area contributed by atoms with Crippen molar-refractivity contribution < 1.29 is 22.3 Å². The molecule has 1 unspecified atom stereocenters. The molecule has 1 atom stereocenters. The van der Waals surface area contributed by atoms with Crippen LogP contribution in [-0.4, -0.2) is 74.9 Å². The van der Waals surface area contributed by atoms with E-state index in [2.05, 4.69) is 0 Å². The fourth-order valence-electron chi connectivity index (χ4n) is 4.34. The second kappa shape index (κ2) is 11.2. The molecule has 2 aromatic carbocycles. The number of para-hydroxylation sites is 1. The van der Waals surface area contributed by atoms with E-state index in [4.69, 9.17) is 9.72 Å². The van der Waals surface area contributed by atoms with Crippen LogP contribution in [0.5, 0.6) is 5.75 Å². The monoisotopic (exact) mass is 534 g/mol. The third-order valence-electron chi connectivity index (χ3n) is 6.06. The molecule has 0 spiro atoms. The molecule has 1 aromatic heterocycles. The van der Waals surface area contributed by atoms with Gasteiger partial charge in [-0.2, -0.15) is 4.31 Å². The van der Waals surface area contributed by atoms with Gasteiger partial charge in [-0.25, -0.2) is 17.8 Å². The standard InChI is InChI=1S/C25H31FN4O4S2/c1-4-34-21-9-5-10-22-23(21)27-25(35-22)29(16-7-15-28(2)3)24(31)20-8-6-17-30(20)36(32,33)19-13-11-18(26)12-14-19/h5,9-14,20H,4,6-8,15-17H2,1-3H3. The van der Waals surface area contributed by atoms with Gasteiger partial charge in [-0.05, 0) is 83.2 Å². The maximum Gasteiger partial charge on any atom is 0.247 e. The maximum absolute atomic E-state index is 13.9. The van der Waals surface area contributed by atoms with E-state index in [1.165, 1.54) is 27.8 Å². The average Bonchev–Trinajstić information content (AvgIpc) is 3.50. The first kappa shape index (κ1) is 26.5. The summed E-state index contributed by atoms with van der Waals surface area (Å²) >= 11 is 1.39. The van der Waals surface area contributed by atoms with Crippen molar-refractivity contribution in [2.75, 3.05) is 45.2 Å². The quantitative estimate of drug-likeness (QED) is 0.392. The summed E-state index contributed by atoms with van der Waals surface area (Å²) in [4.78, 5) is 22.3. The molecule has 0 N–H and O–H groups in total. The normalized spacial score (nSPS) is 16.6. The highest BCUT2D eigenvalue weighted by Gasteiger charge is 2.42. The molecule has 11 heteroatoms. The van der Waals surface area contributed by atoms with Crippen molar-refractivity contribution in [2.24, 2.45) is 0 Å². The highest BCUT2D eigenvalue weighted by Crippen LogP contribution is 2.36. The van der Waals surface area contributed by atoms with E-state index in [1.54, 1.807) is 4.90 Å². The van der Waals surface area contributed by atoms with Crippen molar-refractivity contribution in [1.29, 1.82) is 0 Å². The highest BCUT2D eigenvalue weighted by molar-refractivity contribution is 7.89. The lowest BCUT2D eigenvalue weighted by Gasteiger charge is -2.29. The lowest BCUT2D eigenvalue weighted by Crippen LogP contribution is -2.48. The molecular formula is C25H31FN4O4S2. The number of hydrogen-bond acceptors (Lipinski definition) is 7. The number of carbonyl (C=O) groups excluding carboxylic acids is 1. The van der Waals surface area contributed by atoms with Crippen LogP contribution in [0.15, 0.2) is 47.4 Å². The minimum Gasteiger partial charge on any atom is -0.492 e. The van der Waals surface area contributed by atoms with Crippen molar-refractivity contribution in [3.05, 3.63) is 48.3 Å². The van der Waals surface area contributed by atoms with Crippen molar-refractivity contribution in [3.63, 3.8) is 0 Å². The van der Waals surface area contributed by atoms with Crippen LogP contribution >= 0.6 is 11.3 Å². The summed E-state index contributed by atoms with van der Waals surface area (Å²) in [6, 6.07) is 9.53. The minimum absolute atomic E-state index is 0.0240. The molecule has 194 valence electrons. The zero-order valence-corrected chi connectivity index (χ0v) is 22.3. The third kappa shape index (κ3) is 5.54. The van der Waals surface area contributed by atoms with E-state index >= 15 is 0 Å². The first-order chi connectivity index (χ1) is 17.2. The third-order valence-corrected chi connectivity index (χ3v) is 9.03. The summed E-state index contributed by atoms with van der Waals surface area (Å²) < 4.78 is 48.0. The zero-order valence-electron chi connectivity index (χ0n) is 20.7. The number of sulfonamides is 1. The van der Waals surface area contributed by atoms with Gasteiger partial charge in [0.05, 0.1) is 16.2 Å². The number of nitrogens with zero attached hydrogens (tertiary/aromatic N) is 4. The molecule has 36 heavy (non-hydrogen) atoms. The second-order valence-corrected chi connectivity index (χ2v) is 11.8. The van der Waals surface area contributed by atoms with Crippen molar-refractivity contribution in [2.45, 2.75) is 37.1 Å². The summed E-state index contributed by atoms with van der Waals surface area (Å²) in [5.74, 6) is -0.161. The van der Waals surface area contributed by atoms with E-state index < -0.39 is 21.9 Å². The molecule has 0 radical (unpaired) electrons. The van der Waals surface area contributed by atoms with Crippen LogP contribution in [0.2, 0.25) is 0 Å². The summed E-state index contributed by atoms with van der Waals surface area (Å²) in [5.41, 5.74) is 0.687. The molecule has 1 fully saturated rings. The number of carbonyl (C=O) groups is 1. The van der Waals surface area contributed by atoms with Crippen LogP contribution in [0.4, 0.5) is 9.52 Å². The van der Waals surface area contributed by atoms with Gasteiger partial charge in [0.2, 0.25) is 15.9 Å². The molecule has 0 saturated carbocycles. The Morgan fingerprint density at radius 3 is 2.64 bits per heavy atom. The molecule has 8 nitrogen and oxygen atoms in total. The number of amides is 1. The fraction of sp³-hybridized carbons (Fsp3) is 0.440. The number of fused-ring (bicyclic) bond motifs is 1. The second-order valence-electron chi connectivity index (χ2n) is 8.91. The Labute approximate surface area is 215 Å². The Bertz CT molecular complexity index is 1310. The molecule has 3 aromatic rings. The topological polar surface area (TPSA) is 83.0 Å². The predicted molar refractivity (Wildman–Crippen MR) is 140 cm³/mol. The number of halogens is 1. The molecule has 4 rings (SSSR count). The summed E-state index contributed by atoms with van der Waals surface area (Å²) in [5, 5.41) is 0.520. The summed E-state index contributed by atoms with van der Waals surface area (Å²) in [6.07, 6.45) is 1.68. The van der Waals surface area contributed by atoms with Gasteiger partial charge in [0, 0.05) is 13.1 Å². The zero-order chi connectivity index (χ0) is 25.9. The van der Waals surface area contributed by atoms with Gasteiger partial charge in [0.15, 0.2) is 5.13 Å². The maximum atomic E-state index is 13.9. The number of aromatic nitrogens is 1. The number of anilines is 1. The smallest absolute Gasteiger partial charge is 0.247 e. The number of ether oxygens (including phenoxy) is 1. The Kier molecular flexibility index (Phi) is 8.23. The molecule has 1 aliphatic rings. The first-order valence-electron chi connectivity index (χ1n) is 12.0. The van der Waals surface area contributed by atoms with Crippen molar-refractivity contribution in [3.8, 4) is 5.75 Å². The van der Waals surface area contributed by atoms with Gasteiger partial charge in [-0.15, -0.1) is 0 Å². The Balaban J connectivity index is 1.67. The van der Waals surface area contributed by atoms with Gasteiger partial charge >= 0.3 is 0 Å². The number of thiazole rings is 1. The molecule has 0 aliphatic carbocycles. The highest BCUT2D eigenvalue weighted by atomic mass is 32.2. The van der Waals surface area contributed by atoms with Gasteiger partial charge in [0.1, 0.15) is 23.1 Å². The van der Waals surface area contributed by atoms with Crippen LogP contribution in [0.1, 0.15) is 26.2 Å². The molecule has 0 bridgehead atoms. The minimum atomic E-state index is -3.96. The van der Waals surface area contributed by atoms with Crippen LogP contribution in [0.3, 0.4) is 0 Å². The van der Waals surface area contributed by atoms with E-state index in [-0.39, 0.29) is 17.3 Å². The lowest BCUT2D eigenvalue weighted by molar-refractivity contribution is -0.121. The first-order valence-corrected chi connectivity index (χ1v) is 14.2. The van der Waals surface area contributed by atoms with Crippen molar-refractivity contribution in [1.82, 2.24) is 14.2 Å². The molecular weight excluding hydrogens is 503 g/mol. The Morgan fingerprint density at radius 1 is 1.19 bits per heavy atom. The Hall–Kier alpha value is -2.60. The molecule has 1 amide bonds. The number of hydrogen-bond donors (Lipinski definition) is 0. The molecule has 1 aliphatic heterocycles. The van der Waals surface area contributed by atoms with Crippen LogP contribution in [0, 0.1) is 5.82 Å². The largest absolute Gasteiger partial charge is 0.492 e. The van der Waals surface area contributed by atoms with Crippen LogP contribution < -0.4 is 9.64 Å². The van der Waals surface area contributed by atoms with Gasteiger partial charge < -0.3 is 9.64 Å². The van der Waals surface area contributed by atoms with E-state index in [0.717, 1.165) is 23.4 Å². The fourth-order valence-corrected chi connectivity index (χ4v) is 7.01. The van der Waals surface area contributed by atoms with Crippen molar-refractivity contribution >= 4 is 42.6 Å². The van der Waals surface area contributed by atoms with Crippen LogP contribution in [-0.2, 0) is 14.8 Å². The number of rotatable bonds is 10. The van der Waals surface area contributed by atoms with Gasteiger partial charge in [0.25, 0.3) is 0 Å². The summed E-state index contributed by atoms with van der Waals surface area (Å²) in [7, 11) is -0.0351. The van der Waals surface area contributed by atoms with Crippen LogP contribution in [0.25, 0.3) is 10.2 Å².